The fourth-order valence-corrected chi connectivity index (χ4v) is 2.51. The van der Waals surface area contributed by atoms with E-state index in [1.807, 2.05) is 44.2 Å². The van der Waals surface area contributed by atoms with Gasteiger partial charge in [0.2, 0.25) is 0 Å². The molecule has 0 bridgehead atoms. The Hall–Kier alpha value is -2.57. The van der Waals surface area contributed by atoms with Gasteiger partial charge in [0.1, 0.15) is 12.4 Å². The molecule has 0 radical (unpaired) electrons. The second-order valence-corrected chi connectivity index (χ2v) is 5.93. The molecule has 0 atom stereocenters. The summed E-state index contributed by atoms with van der Waals surface area (Å²) >= 11 is 6.01. The van der Waals surface area contributed by atoms with Gasteiger partial charge < -0.3 is 20.3 Å². The Morgan fingerprint density at radius 2 is 1.58 bits per heavy atom. The van der Waals surface area contributed by atoms with Crippen molar-refractivity contribution in [3.8, 4) is 5.75 Å². The number of nitrogens with one attached hydrogen (secondary N) is 1. The normalized spacial score (nSPS) is 9.81. The molecule has 0 heterocycles. The monoisotopic (exact) mass is 379 g/mol. The lowest BCUT2D eigenvalue weighted by Gasteiger charge is -2.13. The molecule has 0 fully saturated rings. The highest BCUT2D eigenvalue weighted by molar-refractivity contribution is 6.30. The third-order valence-electron chi connectivity index (χ3n) is 3.31. The molecule has 6 nitrogen and oxygen atoms in total. The standard InChI is InChI=1S/C17H20ClNO.C2H2O4/c1-13-10-16(18)11-14(2)17(13)20-9-8-19-12-15-6-4-3-5-7-15;3-1(4)2(5)6/h3-7,10-11,19H,8-9,12H2,1-2H3;(H,3,4)(H,5,6). The number of hydrogen-bond acceptors (Lipinski definition) is 4. The molecule has 0 aliphatic heterocycles. The van der Waals surface area contributed by atoms with Crippen molar-refractivity contribution in [1.29, 1.82) is 0 Å². The van der Waals surface area contributed by atoms with E-state index in [1.165, 1.54) is 5.56 Å². The van der Waals surface area contributed by atoms with Gasteiger partial charge >= 0.3 is 11.9 Å². The number of halogens is 1. The van der Waals surface area contributed by atoms with Crippen molar-refractivity contribution in [3.05, 3.63) is 64.2 Å². The van der Waals surface area contributed by atoms with E-state index < -0.39 is 11.9 Å². The van der Waals surface area contributed by atoms with E-state index in [0.717, 1.165) is 35.0 Å². The Bertz CT molecular complexity index is 699. The van der Waals surface area contributed by atoms with Gasteiger partial charge in [0.05, 0.1) is 0 Å². The van der Waals surface area contributed by atoms with Gasteiger partial charge in [0.25, 0.3) is 0 Å². The Kier molecular flexibility index (Phi) is 9.19. The van der Waals surface area contributed by atoms with Crippen LogP contribution in [0.4, 0.5) is 0 Å². The zero-order valence-corrected chi connectivity index (χ0v) is 15.4. The van der Waals surface area contributed by atoms with Gasteiger partial charge in [-0.1, -0.05) is 41.9 Å². The van der Waals surface area contributed by atoms with Gasteiger partial charge in [-0.2, -0.15) is 0 Å². The van der Waals surface area contributed by atoms with Gasteiger partial charge in [-0.05, 0) is 42.7 Å². The third kappa shape index (κ3) is 8.00. The van der Waals surface area contributed by atoms with Crippen LogP contribution in [0.1, 0.15) is 16.7 Å². The first-order valence-corrected chi connectivity index (χ1v) is 8.29. The predicted molar refractivity (Wildman–Crippen MR) is 99.8 cm³/mol. The van der Waals surface area contributed by atoms with Crippen LogP contribution in [0.2, 0.25) is 5.02 Å². The maximum atomic E-state index is 9.10. The predicted octanol–water partition coefficient (Wildman–Crippen LogP) is 3.28. The van der Waals surface area contributed by atoms with Gasteiger partial charge in [-0.15, -0.1) is 0 Å². The molecule has 0 aromatic heterocycles. The smallest absolute Gasteiger partial charge is 0.414 e. The number of hydrogen-bond donors (Lipinski definition) is 3. The SMILES string of the molecule is Cc1cc(Cl)cc(C)c1OCCNCc1ccccc1.O=C(O)C(=O)O. The molecule has 2 aromatic rings. The number of ether oxygens (including phenoxy) is 1. The quantitative estimate of drug-likeness (QED) is 0.526. The summed E-state index contributed by atoms with van der Waals surface area (Å²) < 4.78 is 5.84. The number of carboxylic acid groups (broad SMARTS) is 2. The fourth-order valence-electron chi connectivity index (χ4n) is 2.18. The minimum Gasteiger partial charge on any atom is -0.492 e. The highest BCUT2D eigenvalue weighted by Gasteiger charge is 2.05. The number of aliphatic carboxylic acids is 2. The van der Waals surface area contributed by atoms with E-state index in [4.69, 9.17) is 36.1 Å². The Labute approximate surface area is 157 Å². The number of benzene rings is 2. The third-order valence-corrected chi connectivity index (χ3v) is 3.52. The van der Waals surface area contributed by atoms with Crippen LogP contribution < -0.4 is 10.1 Å². The van der Waals surface area contributed by atoms with E-state index in [-0.39, 0.29) is 0 Å². The van der Waals surface area contributed by atoms with Crippen molar-refractivity contribution < 1.29 is 24.5 Å². The van der Waals surface area contributed by atoms with E-state index in [9.17, 15) is 0 Å². The average Bonchev–Trinajstić information content (AvgIpc) is 2.58. The summed E-state index contributed by atoms with van der Waals surface area (Å²) in [5, 5.41) is 18.9. The van der Waals surface area contributed by atoms with Crippen LogP contribution in [0.25, 0.3) is 0 Å². The maximum Gasteiger partial charge on any atom is 0.414 e. The molecular weight excluding hydrogens is 358 g/mol. The van der Waals surface area contributed by atoms with E-state index >= 15 is 0 Å². The number of carbonyl (C=O) groups is 2. The first-order valence-electron chi connectivity index (χ1n) is 7.91. The molecular formula is C19H22ClNO5. The molecule has 2 aromatic carbocycles. The highest BCUT2D eigenvalue weighted by atomic mass is 35.5. The average molecular weight is 380 g/mol. The maximum absolute atomic E-state index is 9.10. The van der Waals surface area contributed by atoms with Crippen LogP contribution in [0.5, 0.6) is 5.75 Å². The molecule has 0 spiro atoms. The molecule has 0 aliphatic rings. The lowest BCUT2D eigenvalue weighted by molar-refractivity contribution is -0.159. The van der Waals surface area contributed by atoms with Crippen molar-refractivity contribution >= 4 is 23.5 Å². The van der Waals surface area contributed by atoms with Crippen molar-refractivity contribution in [2.75, 3.05) is 13.2 Å². The van der Waals surface area contributed by atoms with Crippen LogP contribution in [-0.4, -0.2) is 35.3 Å². The topological polar surface area (TPSA) is 95.9 Å². The largest absolute Gasteiger partial charge is 0.492 e. The summed E-state index contributed by atoms with van der Waals surface area (Å²) in [4.78, 5) is 18.2. The summed E-state index contributed by atoms with van der Waals surface area (Å²) in [5.74, 6) is -2.71. The molecule has 0 amide bonds. The van der Waals surface area contributed by atoms with Gasteiger partial charge in [0.15, 0.2) is 0 Å². The van der Waals surface area contributed by atoms with Crippen molar-refractivity contribution in [2.24, 2.45) is 0 Å². The van der Waals surface area contributed by atoms with Crippen molar-refractivity contribution in [2.45, 2.75) is 20.4 Å². The second kappa shape index (κ2) is 11.1. The fraction of sp³-hybridized carbons (Fsp3) is 0.263. The molecule has 0 unspecified atom stereocenters. The number of rotatable bonds is 6. The van der Waals surface area contributed by atoms with E-state index in [1.54, 1.807) is 0 Å². The van der Waals surface area contributed by atoms with Crippen LogP contribution in [0, 0.1) is 13.8 Å². The second-order valence-electron chi connectivity index (χ2n) is 5.49. The van der Waals surface area contributed by atoms with Crippen LogP contribution in [0.3, 0.4) is 0 Å². The van der Waals surface area contributed by atoms with Gasteiger partial charge in [0, 0.05) is 18.1 Å². The van der Waals surface area contributed by atoms with Crippen LogP contribution in [-0.2, 0) is 16.1 Å². The molecule has 2 rings (SSSR count). The van der Waals surface area contributed by atoms with Gasteiger partial charge in [-0.25, -0.2) is 9.59 Å². The van der Waals surface area contributed by atoms with E-state index in [2.05, 4.69) is 17.4 Å². The zero-order chi connectivity index (χ0) is 19.5. The minimum atomic E-state index is -1.82. The number of carboxylic acids is 2. The lowest BCUT2D eigenvalue weighted by atomic mass is 10.1. The Morgan fingerprint density at radius 1 is 1.04 bits per heavy atom. The molecule has 26 heavy (non-hydrogen) atoms. The summed E-state index contributed by atoms with van der Waals surface area (Å²) in [6, 6.07) is 14.2. The molecule has 0 aliphatic carbocycles. The highest BCUT2D eigenvalue weighted by Crippen LogP contribution is 2.26. The molecule has 140 valence electrons. The number of aryl methyl sites for hydroxylation is 2. The van der Waals surface area contributed by atoms with Crippen LogP contribution >= 0.6 is 11.6 Å². The van der Waals surface area contributed by atoms with E-state index in [0.29, 0.717) is 6.61 Å². The van der Waals surface area contributed by atoms with Crippen molar-refractivity contribution in [1.82, 2.24) is 5.32 Å². The van der Waals surface area contributed by atoms with Crippen molar-refractivity contribution in [3.63, 3.8) is 0 Å². The molecule has 0 saturated carbocycles. The molecule has 3 N–H and O–H groups in total. The Balaban J connectivity index is 0.000000487. The zero-order valence-electron chi connectivity index (χ0n) is 14.7. The molecule has 0 saturated heterocycles. The van der Waals surface area contributed by atoms with Gasteiger partial charge in [-0.3, -0.25) is 0 Å². The summed E-state index contributed by atoms with van der Waals surface area (Å²) in [6.45, 7) is 6.37. The Morgan fingerprint density at radius 3 is 2.08 bits per heavy atom. The first-order chi connectivity index (χ1) is 12.3. The summed E-state index contributed by atoms with van der Waals surface area (Å²) in [5.41, 5.74) is 3.45. The lowest BCUT2D eigenvalue weighted by Crippen LogP contribution is -2.20. The minimum absolute atomic E-state index is 0.649. The first kappa shape index (κ1) is 21.5. The summed E-state index contributed by atoms with van der Waals surface area (Å²) in [6.07, 6.45) is 0. The van der Waals surface area contributed by atoms with Crippen LogP contribution in [0.15, 0.2) is 42.5 Å². The molecule has 7 heteroatoms. The summed E-state index contributed by atoms with van der Waals surface area (Å²) in [7, 11) is 0.